The molecule has 2 saturated heterocycles. The standard InChI is InChI=1S/C24H31N3O3/c1-3-4-15-30-23(29)26-12-9-20(17-26)16-25-13-10-24(11-14-25)18-27(19(2)28)22-8-6-5-7-21(22)24/h1,5-8,20H,4,9-18H2,2H3/t20-/m0/s1. The van der Waals surface area contributed by atoms with Gasteiger partial charge in [-0.25, -0.2) is 4.79 Å². The van der Waals surface area contributed by atoms with Gasteiger partial charge >= 0.3 is 6.09 Å². The van der Waals surface area contributed by atoms with Crippen LogP contribution in [-0.4, -0.2) is 67.7 Å². The van der Waals surface area contributed by atoms with E-state index in [-0.39, 0.29) is 17.4 Å². The number of rotatable bonds is 4. The van der Waals surface area contributed by atoms with E-state index in [9.17, 15) is 9.59 Å². The average molecular weight is 410 g/mol. The van der Waals surface area contributed by atoms with Crippen molar-refractivity contribution in [2.24, 2.45) is 5.92 Å². The summed E-state index contributed by atoms with van der Waals surface area (Å²) in [7, 11) is 0. The van der Waals surface area contributed by atoms with E-state index in [0.29, 0.717) is 18.9 Å². The van der Waals surface area contributed by atoms with Gasteiger partial charge in [0.2, 0.25) is 5.91 Å². The summed E-state index contributed by atoms with van der Waals surface area (Å²) in [4.78, 5) is 30.6. The molecule has 3 aliphatic rings. The lowest BCUT2D eigenvalue weighted by Gasteiger charge is -2.40. The summed E-state index contributed by atoms with van der Waals surface area (Å²) in [6.07, 6.45) is 8.59. The van der Waals surface area contributed by atoms with Gasteiger partial charge in [-0.3, -0.25) is 4.79 Å². The lowest BCUT2D eigenvalue weighted by atomic mass is 9.74. The van der Waals surface area contributed by atoms with E-state index >= 15 is 0 Å². The van der Waals surface area contributed by atoms with E-state index in [0.717, 1.165) is 64.2 Å². The Morgan fingerprint density at radius 3 is 2.73 bits per heavy atom. The van der Waals surface area contributed by atoms with Crippen LogP contribution in [0.2, 0.25) is 0 Å². The van der Waals surface area contributed by atoms with E-state index in [1.54, 1.807) is 6.92 Å². The van der Waals surface area contributed by atoms with Crippen molar-refractivity contribution < 1.29 is 14.3 Å². The van der Waals surface area contributed by atoms with Crippen LogP contribution in [0.1, 0.15) is 38.2 Å². The Morgan fingerprint density at radius 2 is 2.00 bits per heavy atom. The second-order valence-corrected chi connectivity index (χ2v) is 8.87. The number of carbonyl (C=O) groups excluding carboxylic acids is 2. The summed E-state index contributed by atoms with van der Waals surface area (Å²) in [6, 6.07) is 8.39. The summed E-state index contributed by atoms with van der Waals surface area (Å²) in [5.41, 5.74) is 2.51. The average Bonchev–Trinajstić information content (AvgIpc) is 3.34. The van der Waals surface area contributed by atoms with Crippen LogP contribution in [0.15, 0.2) is 24.3 Å². The van der Waals surface area contributed by atoms with E-state index in [1.165, 1.54) is 5.56 Å². The van der Waals surface area contributed by atoms with Crippen molar-refractivity contribution in [2.45, 2.75) is 38.0 Å². The number of hydrogen-bond acceptors (Lipinski definition) is 4. The van der Waals surface area contributed by atoms with Gasteiger partial charge < -0.3 is 19.4 Å². The minimum Gasteiger partial charge on any atom is -0.448 e. The van der Waals surface area contributed by atoms with E-state index < -0.39 is 0 Å². The maximum atomic E-state index is 12.2. The molecule has 0 aliphatic carbocycles. The van der Waals surface area contributed by atoms with Crippen molar-refractivity contribution in [3.8, 4) is 12.3 Å². The number of terminal acetylenes is 1. The van der Waals surface area contributed by atoms with Crippen LogP contribution in [0.25, 0.3) is 0 Å². The first-order valence-corrected chi connectivity index (χ1v) is 11.0. The zero-order valence-electron chi connectivity index (χ0n) is 17.8. The summed E-state index contributed by atoms with van der Waals surface area (Å²) >= 11 is 0. The highest BCUT2D eigenvalue weighted by Crippen LogP contribution is 2.47. The normalized spacial score (nSPS) is 22.7. The third-order valence-corrected chi connectivity index (χ3v) is 6.95. The number of piperidine rings is 1. The first kappa shape index (κ1) is 20.7. The number of anilines is 1. The molecule has 6 heteroatoms. The minimum atomic E-state index is -0.239. The van der Waals surface area contributed by atoms with Crippen LogP contribution >= 0.6 is 0 Å². The van der Waals surface area contributed by atoms with Gasteiger partial charge in [0.15, 0.2) is 0 Å². The number of hydrogen-bond donors (Lipinski definition) is 0. The lowest BCUT2D eigenvalue weighted by Crippen LogP contribution is -2.47. The molecule has 3 heterocycles. The molecule has 0 unspecified atom stereocenters. The molecular weight excluding hydrogens is 378 g/mol. The van der Waals surface area contributed by atoms with Crippen LogP contribution in [-0.2, 0) is 14.9 Å². The molecular formula is C24H31N3O3. The molecule has 1 aromatic rings. The molecule has 0 bridgehead atoms. The van der Waals surface area contributed by atoms with Gasteiger partial charge in [0.25, 0.3) is 0 Å². The molecule has 160 valence electrons. The van der Waals surface area contributed by atoms with Gasteiger partial charge in [-0.1, -0.05) is 18.2 Å². The lowest BCUT2D eigenvalue weighted by molar-refractivity contribution is -0.116. The highest BCUT2D eigenvalue weighted by atomic mass is 16.6. The number of para-hydroxylation sites is 1. The fourth-order valence-electron chi connectivity index (χ4n) is 5.30. The predicted molar refractivity (Wildman–Crippen MR) is 116 cm³/mol. The van der Waals surface area contributed by atoms with Crippen LogP contribution in [0.3, 0.4) is 0 Å². The molecule has 0 N–H and O–H groups in total. The Labute approximate surface area is 179 Å². The Hall–Kier alpha value is -2.52. The second-order valence-electron chi connectivity index (χ2n) is 8.87. The molecule has 1 atom stereocenters. The molecule has 1 spiro atoms. The van der Waals surface area contributed by atoms with Crippen molar-refractivity contribution in [3.63, 3.8) is 0 Å². The van der Waals surface area contributed by atoms with Crippen molar-refractivity contribution in [1.82, 2.24) is 9.80 Å². The molecule has 6 nitrogen and oxygen atoms in total. The number of fused-ring (bicyclic) bond motifs is 2. The zero-order valence-corrected chi connectivity index (χ0v) is 17.8. The zero-order chi connectivity index (χ0) is 21.1. The third kappa shape index (κ3) is 4.04. The first-order chi connectivity index (χ1) is 14.5. The molecule has 0 aromatic heterocycles. The summed E-state index contributed by atoms with van der Waals surface area (Å²) in [6.45, 7) is 7.36. The van der Waals surface area contributed by atoms with Gasteiger partial charge in [-0.15, -0.1) is 12.3 Å². The van der Waals surface area contributed by atoms with Gasteiger partial charge in [-0.2, -0.15) is 0 Å². The fraction of sp³-hybridized carbons (Fsp3) is 0.583. The highest BCUT2D eigenvalue weighted by molar-refractivity contribution is 5.94. The molecule has 2 fully saturated rings. The van der Waals surface area contributed by atoms with E-state index in [2.05, 4.69) is 29.0 Å². The molecule has 1 aromatic carbocycles. The van der Waals surface area contributed by atoms with Gasteiger partial charge in [-0.05, 0) is 49.9 Å². The summed E-state index contributed by atoms with van der Waals surface area (Å²) in [5.74, 6) is 3.10. The van der Waals surface area contributed by atoms with Crippen molar-refractivity contribution in [2.75, 3.05) is 50.8 Å². The number of benzene rings is 1. The Bertz CT molecular complexity index is 838. The SMILES string of the molecule is C#CCCOC(=O)N1CC[C@@H](CN2CCC3(CC2)CN(C(C)=O)c2ccccc23)C1. The first-order valence-electron chi connectivity index (χ1n) is 11.0. The van der Waals surface area contributed by atoms with E-state index in [1.807, 2.05) is 15.9 Å². The molecule has 30 heavy (non-hydrogen) atoms. The molecule has 0 radical (unpaired) electrons. The number of carbonyl (C=O) groups is 2. The number of ether oxygens (including phenoxy) is 1. The third-order valence-electron chi connectivity index (χ3n) is 6.95. The Kier molecular flexibility index (Phi) is 6.01. The van der Waals surface area contributed by atoms with Gasteiger partial charge in [0.1, 0.15) is 6.61 Å². The van der Waals surface area contributed by atoms with Crippen LogP contribution in [0.5, 0.6) is 0 Å². The summed E-state index contributed by atoms with van der Waals surface area (Å²) in [5, 5.41) is 0. The van der Waals surface area contributed by atoms with E-state index in [4.69, 9.17) is 11.2 Å². The van der Waals surface area contributed by atoms with Crippen molar-refractivity contribution in [3.05, 3.63) is 29.8 Å². The topological polar surface area (TPSA) is 53.1 Å². The number of likely N-dealkylation sites (tertiary alicyclic amines) is 2. The number of nitrogens with zero attached hydrogens (tertiary/aromatic N) is 3. The Morgan fingerprint density at radius 1 is 1.23 bits per heavy atom. The maximum Gasteiger partial charge on any atom is 0.409 e. The quantitative estimate of drug-likeness (QED) is 0.567. The molecule has 3 aliphatic heterocycles. The number of amides is 2. The smallest absolute Gasteiger partial charge is 0.409 e. The monoisotopic (exact) mass is 409 g/mol. The Balaban J connectivity index is 1.30. The summed E-state index contributed by atoms with van der Waals surface area (Å²) < 4.78 is 5.23. The van der Waals surface area contributed by atoms with Crippen molar-refractivity contribution in [1.29, 1.82) is 0 Å². The highest BCUT2D eigenvalue weighted by Gasteiger charge is 2.45. The minimum absolute atomic E-state index is 0.0846. The predicted octanol–water partition coefficient (Wildman–Crippen LogP) is 2.87. The van der Waals surface area contributed by atoms with Crippen LogP contribution in [0.4, 0.5) is 10.5 Å². The van der Waals surface area contributed by atoms with Gasteiger partial charge in [0.05, 0.1) is 0 Å². The van der Waals surface area contributed by atoms with Gasteiger partial charge in [0, 0.05) is 50.6 Å². The molecule has 4 rings (SSSR count). The van der Waals surface area contributed by atoms with Crippen molar-refractivity contribution >= 4 is 17.7 Å². The van der Waals surface area contributed by atoms with Crippen LogP contribution < -0.4 is 4.90 Å². The van der Waals surface area contributed by atoms with Crippen LogP contribution in [0, 0.1) is 18.3 Å². The fourth-order valence-corrected chi connectivity index (χ4v) is 5.30. The largest absolute Gasteiger partial charge is 0.448 e. The second kappa shape index (κ2) is 8.69. The molecule has 0 saturated carbocycles. The maximum absolute atomic E-state index is 12.2. The molecule has 2 amide bonds.